The Morgan fingerprint density at radius 2 is 1.92 bits per heavy atom. The van der Waals surface area contributed by atoms with Gasteiger partial charge in [-0.1, -0.05) is 12.1 Å². The Hall–Kier alpha value is -2.18. The third-order valence-corrected chi connectivity index (χ3v) is 4.29. The van der Waals surface area contributed by atoms with Crippen molar-refractivity contribution in [3.8, 4) is 11.1 Å². The average molecular weight is 330 g/mol. The number of halogens is 1. The Morgan fingerprint density at radius 3 is 2.67 bits per heavy atom. The lowest BCUT2D eigenvalue weighted by atomic mass is 10.0. The second-order valence-corrected chi connectivity index (χ2v) is 5.99. The molecule has 6 heteroatoms. The predicted octanol–water partition coefficient (Wildman–Crippen LogP) is 1.85. The van der Waals surface area contributed by atoms with Crippen molar-refractivity contribution in [1.82, 2.24) is 20.5 Å². The quantitative estimate of drug-likeness (QED) is 0.709. The maximum absolute atomic E-state index is 13.1. The molecule has 2 heterocycles. The van der Waals surface area contributed by atoms with Crippen molar-refractivity contribution in [2.45, 2.75) is 6.42 Å². The van der Waals surface area contributed by atoms with E-state index >= 15 is 0 Å². The highest BCUT2D eigenvalue weighted by molar-refractivity contribution is 6.00. The summed E-state index contributed by atoms with van der Waals surface area (Å²) >= 11 is 0. The van der Waals surface area contributed by atoms with Crippen molar-refractivity contribution in [3.05, 3.63) is 48.0 Å². The molecule has 1 amide bonds. The largest absolute Gasteiger partial charge is 0.366 e. The summed E-state index contributed by atoms with van der Waals surface area (Å²) in [6, 6.07) is 6.16. The molecule has 0 unspecified atom stereocenters. The topological polar surface area (TPSA) is 60.2 Å². The maximum atomic E-state index is 13.1. The van der Waals surface area contributed by atoms with E-state index in [4.69, 9.17) is 0 Å². The van der Waals surface area contributed by atoms with Crippen LogP contribution in [0, 0.1) is 5.82 Å². The lowest BCUT2D eigenvalue weighted by molar-refractivity contribution is 0.0952. The number of piperazine rings is 1. The van der Waals surface area contributed by atoms with Gasteiger partial charge in [-0.15, -0.1) is 0 Å². The molecule has 1 saturated heterocycles. The summed E-state index contributed by atoms with van der Waals surface area (Å²) in [4.78, 5) is 17.8. The molecule has 0 radical (unpaired) electrons. The zero-order chi connectivity index (χ0) is 16.8. The number of carbonyl (C=O) groups excluding carboxylic acids is 1. The first kappa shape index (κ1) is 16.7. The molecule has 0 aliphatic carbocycles. The average Bonchev–Trinajstić information content (AvgIpc) is 3.10. The van der Waals surface area contributed by atoms with Crippen LogP contribution in [0.1, 0.15) is 16.8 Å². The van der Waals surface area contributed by atoms with Gasteiger partial charge in [0.2, 0.25) is 0 Å². The van der Waals surface area contributed by atoms with E-state index < -0.39 is 0 Å². The van der Waals surface area contributed by atoms with Crippen LogP contribution in [0.3, 0.4) is 0 Å². The smallest absolute Gasteiger partial charge is 0.253 e. The summed E-state index contributed by atoms with van der Waals surface area (Å²) in [5.74, 6) is -0.385. The number of hydrogen-bond donors (Lipinski definition) is 3. The molecule has 128 valence electrons. The standard InChI is InChI=1S/C18H23FN4O/c19-15-4-2-14(3-5-15)16-12-21-13-17(16)18(24)22-6-1-9-23-10-7-20-8-11-23/h2-5,12-13,20-21H,1,6-11H2,(H,22,24). The molecule has 0 atom stereocenters. The van der Waals surface area contributed by atoms with Gasteiger partial charge in [-0.25, -0.2) is 4.39 Å². The lowest BCUT2D eigenvalue weighted by Gasteiger charge is -2.27. The van der Waals surface area contributed by atoms with Crippen molar-refractivity contribution in [2.24, 2.45) is 0 Å². The monoisotopic (exact) mass is 330 g/mol. The van der Waals surface area contributed by atoms with Gasteiger partial charge in [0.05, 0.1) is 5.56 Å². The minimum atomic E-state index is -0.284. The number of amides is 1. The Labute approximate surface area is 141 Å². The zero-order valence-electron chi connectivity index (χ0n) is 13.6. The van der Waals surface area contributed by atoms with E-state index in [9.17, 15) is 9.18 Å². The third-order valence-electron chi connectivity index (χ3n) is 4.29. The van der Waals surface area contributed by atoms with Crippen LogP contribution in [-0.2, 0) is 0 Å². The number of nitrogens with zero attached hydrogens (tertiary/aromatic N) is 1. The molecule has 24 heavy (non-hydrogen) atoms. The Morgan fingerprint density at radius 1 is 1.17 bits per heavy atom. The van der Waals surface area contributed by atoms with Gasteiger partial charge < -0.3 is 20.5 Å². The highest BCUT2D eigenvalue weighted by Gasteiger charge is 2.14. The minimum Gasteiger partial charge on any atom is -0.366 e. The van der Waals surface area contributed by atoms with Crippen LogP contribution in [0.2, 0.25) is 0 Å². The molecule has 0 bridgehead atoms. The van der Waals surface area contributed by atoms with Gasteiger partial charge in [0.15, 0.2) is 0 Å². The normalized spacial score (nSPS) is 15.4. The number of aromatic amines is 1. The van der Waals surface area contributed by atoms with E-state index in [2.05, 4.69) is 20.5 Å². The van der Waals surface area contributed by atoms with Crippen molar-refractivity contribution in [1.29, 1.82) is 0 Å². The fraction of sp³-hybridized carbons (Fsp3) is 0.389. The molecule has 1 fully saturated rings. The van der Waals surface area contributed by atoms with Gasteiger partial charge in [-0.3, -0.25) is 4.79 Å². The highest BCUT2D eigenvalue weighted by Crippen LogP contribution is 2.23. The van der Waals surface area contributed by atoms with Crippen LogP contribution >= 0.6 is 0 Å². The fourth-order valence-electron chi connectivity index (χ4n) is 2.95. The number of benzene rings is 1. The van der Waals surface area contributed by atoms with Crippen LogP contribution in [-0.4, -0.2) is 55.1 Å². The van der Waals surface area contributed by atoms with Crippen molar-refractivity contribution >= 4 is 5.91 Å². The molecule has 0 spiro atoms. The van der Waals surface area contributed by atoms with Crippen LogP contribution in [0.4, 0.5) is 4.39 Å². The van der Waals surface area contributed by atoms with Crippen molar-refractivity contribution in [2.75, 3.05) is 39.3 Å². The van der Waals surface area contributed by atoms with Gasteiger partial charge >= 0.3 is 0 Å². The summed E-state index contributed by atoms with van der Waals surface area (Å²) in [6.07, 6.45) is 4.38. The van der Waals surface area contributed by atoms with Crippen LogP contribution < -0.4 is 10.6 Å². The van der Waals surface area contributed by atoms with E-state index in [1.165, 1.54) is 12.1 Å². The molecule has 1 aliphatic heterocycles. The maximum Gasteiger partial charge on any atom is 0.253 e. The van der Waals surface area contributed by atoms with Gasteiger partial charge in [0.1, 0.15) is 5.82 Å². The molecule has 1 aromatic heterocycles. The number of carbonyl (C=O) groups is 1. The van der Waals surface area contributed by atoms with Crippen LogP contribution in [0.15, 0.2) is 36.7 Å². The summed E-state index contributed by atoms with van der Waals surface area (Å²) in [5, 5.41) is 6.30. The number of rotatable bonds is 6. The van der Waals surface area contributed by atoms with Gasteiger partial charge in [0, 0.05) is 50.7 Å². The van der Waals surface area contributed by atoms with Crippen LogP contribution in [0.25, 0.3) is 11.1 Å². The van der Waals surface area contributed by atoms with E-state index in [-0.39, 0.29) is 11.7 Å². The van der Waals surface area contributed by atoms with E-state index in [0.717, 1.165) is 50.3 Å². The second kappa shape index (κ2) is 8.08. The van der Waals surface area contributed by atoms with Gasteiger partial charge in [-0.05, 0) is 30.7 Å². The molecule has 5 nitrogen and oxygen atoms in total. The Kier molecular flexibility index (Phi) is 5.61. The Balaban J connectivity index is 1.52. The van der Waals surface area contributed by atoms with E-state index in [1.54, 1.807) is 24.5 Å². The number of nitrogens with one attached hydrogen (secondary N) is 3. The molecular weight excluding hydrogens is 307 g/mol. The fourth-order valence-corrected chi connectivity index (χ4v) is 2.95. The molecule has 1 aliphatic rings. The third kappa shape index (κ3) is 4.21. The first-order valence-corrected chi connectivity index (χ1v) is 8.38. The molecule has 1 aromatic carbocycles. The summed E-state index contributed by atoms with van der Waals surface area (Å²) in [6.45, 7) is 5.87. The second-order valence-electron chi connectivity index (χ2n) is 5.99. The molecule has 3 N–H and O–H groups in total. The van der Waals surface area contributed by atoms with Gasteiger partial charge in [-0.2, -0.15) is 0 Å². The highest BCUT2D eigenvalue weighted by atomic mass is 19.1. The van der Waals surface area contributed by atoms with E-state index in [1.807, 2.05) is 0 Å². The Bertz CT molecular complexity index is 662. The summed E-state index contributed by atoms with van der Waals surface area (Å²) in [7, 11) is 0. The number of aromatic nitrogens is 1. The van der Waals surface area contributed by atoms with Crippen molar-refractivity contribution < 1.29 is 9.18 Å². The summed E-state index contributed by atoms with van der Waals surface area (Å²) in [5.41, 5.74) is 2.20. The predicted molar refractivity (Wildman–Crippen MR) is 92.4 cm³/mol. The van der Waals surface area contributed by atoms with Crippen molar-refractivity contribution in [3.63, 3.8) is 0 Å². The summed E-state index contributed by atoms with van der Waals surface area (Å²) < 4.78 is 13.1. The van der Waals surface area contributed by atoms with Crippen LogP contribution in [0.5, 0.6) is 0 Å². The first-order chi connectivity index (χ1) is 11.7. The molecule has 0 saturated carbocycles. The molecule has 2 aromatic rings. The zero-order valence-corrected chi connectivity index (χ0v) is 13.6. The van der Waals surface area contributed by atoms with Gasteiger partial charge in [0.25, 0.3) is 5.91 Å². The molecule has 3 rings (SSSR count). The lowest BCUT2D eigenvalue weighted by Crippen LogP contribution is -2.44. The van der Waals surface area contributed by atoms with E-state index in [0.29, 0.717) is 12.1 Å². The number of hydrogen-bond acceptors (Lipinski definition) is 3. The SMILES string of the molecule is O=C(NCCCN1CCNCC1)c1c[nH]cc1-c1ccc(F)cc1. The molecular formula is C18H23FN4O. The number of H-pyrrole nitrogens is 1. The first-order valence-electron chi connectivity index (χ1n) is 8.38. The minimum absolute atomic E-state index is 0.101.